The van der Waals surface area contributed by atoms with Crippen molar-refractivity contribution in [1.82, 2.24) is 4.90 Å². The van der Waals surface area contributed by atoms with Crippen molar-refractivity contribution < 1.29 is 38.1 Å². The van der Waals surface area contributed by atoms with E-state index in [0.29, 0.717) is 15.8 Å². The number of rotatable bonds is 8. The summed E-state index contributed by atoms with van der Waals surface area (Å²) in [5.74, 6) is -1.21. The van der Waals surface area contributed by atoms with Crippen LogP contribution in [0, 0.1) is 0 Å². The Balaban J connectivity index is 2.28. The summed E-state index contributed by atoms with van der Waals surface area (Å²) in [6.45, 7) is 3.05. The molecular formula is C19H20BrNO8S. The average molecular weight is 502 g/mol. The number of imide groups is 1. The molecule has 1 atom stereocenters. The number of hydrogen-bond acceptors (Lipinski definition) is 9. The van der Waals surface area contributed by atoms with Gasteiger partial charge in [-0.05, 0) is 65.3 Å². The van der Waals surface area contributed by atoms with Gasteiger partial charge in [-0.15, -0.1) is 0 Å². The highest BCUT2D eigenvalue weighted by atomic mass is 79.9. The van der Waals surface area contributed by atoms with Crippen LogP contribution in [0.3, 0.4) is 0 Å². The fourth-order valence-corrected chi connectivity index (χ4v) is 4.02. The molecular weight excluding hydrogens is 482 g/mol. The number of ether oxygens (including phenoxy) is 4. The number of esters is 2. The lowest BCUT2D eigenvalue weighted by atomic mass is 10.1. The summed E-state index contributed by atoms with van der Waals surface area (Å²) in [4.78, 5) is 49.1. The Kier molecular flexibility index (Phi) is 8.30. The first kappa shape index (κ1) is 23.7. The van der Waals surface area contributed by atoms with E-state index in [1.54, 1.807) is 19.1 Å². The van der Waals surface area contributed by atoms with Gasteiger partial charge in [-0.2, -0.15) is 0 Å². The van der Waals surface area contributed by atoms with Gasteiger partial charge in [0.1, 0.15) is 6.04 Å². The van der Waals surface area contributed by atoms with Gasteiger partial charge in [-0.25, -0.2) is 9.59 Å². The van der Waals surface area contributed by atoms with Crippen LogP contribution in [0.15, 0.2) is 21.5 Å². The van der Waals surface area contributed by atoms with E-state index >= 15 is 0 Å². The molecule has 0 aliphatic carbocycles. The van der Waals surface area contributed by atoms with Crippen LogP contribution in [0.25, 0.3) is 6.08 Å². The molecule has 0 saturated carbocycles. The quantitative estimate of drug-likeness (QED) is 0.392. The Morgan fingerprint density at radius 1 is 1.27 bits per heavy atom. The fraction of sp³-hybridized carbons (Fsp3) is 0.368. The molecule has 0 aromatic heterocycles. The molecule has 162 valence electrons. The predicted molar refractivity (Wildman–Crippen MR) is 112 cm³/mol. The van der Waals surface area contributed by atoms with E-state index in [2.05, 4.69) is 20.7 Å². The molecule has 0 bridgehead atoms. The standard InChI is InChI=1S/C19H20BrNO8S/c1-5-28-15(22)9-29-16-12(20)6-11(7-13(16)26-3)8-14-17(23)21(19(25)30-14)10(2)18(24)27-4/h6-8,10H,5,9H2,1-4H3/b14-8+/t10-/m0/s1. The second kappa shape index (κ2) is 10.5. The van der Waals surface area contributed by atoms with Crippen LogP contribution in [0.1, 0.15) is 19.4 Å². The van der Waals surface area contributed by atoms with Gasteiger partial charge in [0.2, 0.25) is 0 Å². The maximum atomic E-state index is 12.6. The van der Waals surface area contributed by atoms with Crippen LogP contribution in [0.2, 0.25) is 0 Å². The Bertz CT molecular complexity index is 901. The predicted octanol–water partition coefficient (Wildman–Crippen LogP) is 3.00. The Labute approximate surface area is 185 Å². The Morgan fingerprint density at radius 3 is 2.57 bits per heavy atom. The fourth-order valence-electron chi connectivity index (χ4n) is 2.54. The number of nitrogens with zero attached hydrogens (tertiary/aromatic N) is 1. The average Bonchev–Trinajstić information content (AvgIpc) is 2.98. The van der Waals surface area contributed by atoms with Crippen LogP contribution >= 0.6 is 27.7 Å². The van der Waals surface area contributed by atoms with E-state index in [1.807, 2.05) is 0 Å². The summed E-state index contributed by atoms with van der Waals surface area (Å²) in [6, 6.07) is 2.19. The zero-order valence-electron chi connectivity index (χ0n) is 16.7. The second-order valence-electron chi connectivity index (χ2n) is 5.88. The molecule has 0 radical (unpaired) electrons. The molecule has 11 heteroatoms. The summed E-state index contributed by atoms with van der Waals surface area (Å²) in [5, 5.41) is -0.565. The smallest absolute Gasteiger partial charge is 0.344 e. The van der Waals surface area contributed by atoms with Crippen molar-refractivity contribution in [3.63, 3.8) is 0 Å². The number of carbonyl (C=O) groups is 4. The highest BCUT2D eigenvalue weighted by Crippen LogP contribution is 2.39. The molecule has 1 aromatic carbocycles. The van der Waals surface area contributed by atoms with Crippen molar-refractivity contribution in [3.05, 3.63) is 27.1 Å². The molecule has 1 aromatic rings. The van der Waals surface area contributed by atoms with E-state index in [0.717, 1.165) is 16.7 Å². The highest BCUT2D eigenvalue weighted by molar-refractivity contribution is 9.10. The van der Waals surface area contributed by atoms with Crippen molar-refractivity contribution in [2.75, 3.05) is 27.4 Å². The van der Waals surface area contributed by atoms with Crippen LogP contribution < -0.4 is 9.47 Å². The molecule has 1 heterocycles. The molecule has 0 N–H and O–H groups in total. The second-order valence-corrected chi connectivity index (χ2v) is 7.73. The number of amides is 2. The van der Waals surface area contributed by atoms with Gasteiger partial charge < -0.3 is 18.9 Å². The first-order chi connectivity index (χ1) is 14.2. The summed E-state index contributed by atoms with van der Waals surface area (Å²) in [5.41, 5.74) is 0.540. The summed E-state index contributed by atoms with van der Waals surface area (Å²) in [7, 11) is 2.61. The lowest BCUT2D eigenvalue weighted by molar-refractivity contribution is -0.148. The van der Waals surface area contributed by atoms with Crippen LogP contribution in [-0.2, 0) is 23.9 Å². The molecule has 2 rings (SSSR count). The van der Waals surface area contributed by atoms with E-state index in [9.17, 15) is 19.2 Å². The summed E-state index contributed by atoms with van der Waals surface area (Å²) >= 11 is 4.07. The minimum atomic E-state index is -1.03. The normalized spacial score (nSPS) is 15.9. The van der Waals surface area contributed by atoms with E-state index < -0.39 is 29.1 Å². The largest absolute Gasteiger partial charge is 0.493 e. The molecule has 30 heavy (non-hydrogen) atoms. The van der Waals surface area contributed by atoms with E-state index in [4.69, 9.17) is 14.2 Å². The van der Waals surface area contributed by atoms with Gasteiger partial charge in [0, 0.05) is 0 Å². The third-order valence-electron chi connectivity index (χ3n) is 3.94. The molecule has 9 nitrogen and oxygen atoms in total. The molecule has 0 spiro atoms. The maximum Gasteiger partial charge on any atom is 0.344 e. The molecule has 1 aliphatic rings. The third kappa shape index (κ3) is 5.33. The number of hydrogen-bond donors (Lipinski definition) is 0. The molecule has 0 unspecified atom stereocenters. The molecule has 2 amide bonds. The van der Waals surface area contributed by atoms with Crippen molar-refractivity contribution in [3.8, 4) is 11.5 Å². The van der Waals surface area contributed by atoms with Gasteiger partial charge in [0.25, 0.3) is 11.1 Å². The van der Waals surface area contributed by atoms with Crippen LogP contribution in [0.5, 0.6) is 11.5 Å². The van der Waals surface area contributed by atoms with Crippen molar-refractivity contribution in [2.45, 2.75) is 19.9 Å². The van der Waals surface area contributed by atoms with Gasteiger partial charge in [0.15, 0.2) is 18.1 Å². The minimum Gasteiger partial charge on any atom is -0.493 e. The summed E-state index contributed by atoms with van der Waals surface area (Å²) < 4.78 is 20.7. The maximum absolute atomic E-state index is 12.6. The van der Waals surface area contributed by atoms with E-state index in [1.165, 1.54) is 27.2 Å². The van der Waals surface area contributed by atoms with Crippen LogP contribution in [-0.4, -0.2) is 61.5 Å². The van der Waals surface area contributed by atoms with Crippen molar-refractivity contribution in [2.24, 2.45) is 0 Å². The lowest BCUT2D eigenvalue weighted by Crippen LogP contribution is -2.42. The lowest BCUT2D eigenvalue weighted by Gasteiger charge is -2.18. The molecule has 1 saturated heterocycles. The number of benzene rings is 1. The number of carbonyl (C=O) groups excluding carboxylic acids is 4. The monoisotopic (exact) mass is 501 g/mol. The van der Waals surface area contributed by atoms with Crippen molar-refractivity contribution >= 4 is 56.9 Å². The molecule has 1 aliphatic heterocycles. The zero-order valence-corrected chi connectivity index (χ0v) is 19.1. The minimum absolute atomic E-state index is 0.143. The SMILES string of the molecule is CCOC(=O)COc1c(Br)cc(/C=C2/SC(=O)N([C@@H](C)C(=O)OC)C2=O)cc1OC. The van der Waals surface area contributed by atoms with E-state index in [-0.39, 0.29) is 23.9 Å². The third-order valence-corrected chi connectivity index (χ3v) is 5.42. The first-order valence-corrected chi connectivity index (χ1v) is 10.3. The van der Waals surface area contributed by atoms with Gasteiger partial charge >= 0.3 is 11.9 Å². The topological polar surface area (TPSA) is 108 Å². The zero-order chi connectivity index (χ0) is 22.4. The van der Waals surface area contributed by atoms with Gasteiger partial charge in [0.05, 0.1) is 30.2 Å². The Morgan fingerprint density at radius 2 is 1.97 bits per heavy atom. The van der Waals surface area contributed by atoms with Crippen molar-refractivity contribution in [1.29, 1.82) is 0 Å². The van der Waals surface area contributed by atoms with Gasteiger partial charge in [-0.3, -0.25) is 14.5 Å². The van der Waals surface area contributed by atoms with Gasteiger partial charge in [-0.1, -0.05) is 0 Å². The molecule has 1 fully saturated rings. The highest BCUT2D eigenvalue weighted by Gasteiger charge is 2.41. The number of halogens is 1. The summed E-state index contributed by atoms with van der Waals surface area (Å²) in [6.07, 6.45) is 1.50. The number of thioether (sulfide) groups is 1. The van der Waals surface area contributed by atoms with Crippen LogP contribution in [0.4, 0.5) is 4.79 Å². The first-order valence-electron chi connectivity index (χ1n) is 8.74. The Hall–Kier alpha value is -2.53. The number of methoxy groups -OCH3 is 2.